The van der Waals surface area contributed by atoms with Crippen molar-refractivity contribution < 1.29 is 24.4 Å². The van der Waals surface area contributed by atoms with Gasteiger partial charge in [0.15, 0.2) is 0 Å². The molecule has 0 aliphatic heterocycles. The summed E-state index contributed by atoms with van der Waals surface area (Å²) in [4.78, 5) is 20.6. The van der Waals surface area contributed by atoms with E-state index in [0.717, 1.165) is 34.5 Å². The lowest BCUT2D eigenvalue weighted by Gasteiger charge is -2.13. The monoisotopic (exact) mass is 493 g/mol. The minimum absolute atomic E-state index is 0.270. The van der Waals surface area contributed by atoms with E-state index in [2.05, 4.69) is 9.78 Å². The zero-order valence-electron chi connectivity index (χ0n) is 24.2. The maximum absolute atomic E-state index is 11.7. The molecule has 0 fully saturated rings. The number of phenols is 1. The Morgan fingerprint density at radius 3 is 2.11 bits per heavy atom. The minimum atomic E-state index is -0.806. The molecule has 1 aromatic carbocycles. The van der Waals surface area contributed by atoms with E-state index in [4.69, 9.17) is 10.5 Å². The Bertz CT molecular complexity index is 794. The first-order chi connectivity index (χ1) is 16.8. The van der Waals surface area contributed by atoms with Gasteiger partial charge in [-0.3, -0.25) is 4.89 Å². The van der Waals surface area contributed by atoms with Gasteiger partial charge in [0.1, 0.15) is 23.3 Å². The number of aromatic hydroxyl groups is 1. The van der Waals surface area contributed by atoms with E-state index in [0.29, 0.717) is 18.6 Å². The van der Waals surface area contributed by atoms with Crippen LogP contribution in [-0.2, 0) is 21.0 Å². The highest BCUT2D eigenvalue weighted by Crippen LogP contribution is 2.30. The highest BCUT2D eigenvalue weighted by atomic mass is 17.2. The van der Waals surface area contributed by atoms with Crippen molar-refractivity contribution >= 4 is 5.97 Å². The molecule has 0 spiro atoms. The Balaban J connectivity index is -0.00000116. The number of nitrogens with two attached hydrogens (primary N) is 1. The second-order valence-electron chi connectivity index (χ2n) is 6.62. The number of allylic oxidation sites excluding steroid dienone is 4. The van der Waals surface area contributed by atoms with Gasteiger partial charge in [0, 0.05) is 6.42 Å². The predicted octanol–water partition coefficient (Wildman–Crippen LogP) is 7.81. The van der Waals surface area contributed by atoms with Gasteiger partial charge in [-0.25, -0.2) is 4.79 Å². The molecule has 0 aromatic heterocycles. The second-order valence-corrected chi connectivity index (χ2v) is 6.62. The lowest BCUT2D eigenvalue weighted by molar-refractivity contribution is -0.256. The topological polar surface area (TPSA) is 91.0 Å². The largest absolute Gasteiger partial charge is 0.508 e. The Kier molecular flexibility index (Phi) is 24.5. The van der Waals surface area contributed by atoms with Gasteiger partial charge in [0.05, 0.1) is 7.11 Å². The molecule has 6 heteroatoms. The fraction of sp³-hybridized carbons (Fsp3) is 0.552. The smallest absolute Gasteiger partial charge is 0.359 e. The van der Waals surface area contributed by atoms with E-state index in [1.54, 1.807) is 12.1 Å². The van der Waals surface area contributed by atoms with Crippen LogP contribution in [0, 0.1) is 0 Å². The normalized spacial score (nSPS) is 12.7. The van der Waals surface area contributed by atoms with Crippen LogP contribution in [0.15, 0.2) is 52.8 Å². The van der Waals surface area contributed by atoms with Crippen LogP contribution >= 0.6 is 0 Å². The second kappa shape index (κ2) is 23.2. The maximum atomic E-state index is 11.7. The van der Waals surface area contributed by atoms with Crippen molar-refractivity contribution in [2.45, 2.75) is 101 Å². The van der Waals surface area contributed by atoms with E-state index in [1.165, 1.54) is 7.11 Å². The summed E-state index contributed by atoms with van der Waals surface area (Å²) in [5.74, 6) is 1.16. The summed E-state index contributed by atoms with van der Waals surface area (Å²) in [6.45, 7) is 21.9. The first-order valence-corrected chi connectivity index (χ1v) is 12.9. The third-order valence-electron chi connectivity index (χ3n) is 4.31. The number of carbonyl (C=O) groups is 1. The molecule has 0 radical (unpaired) electrons. The van der Waals surface area contributed by atoms with Gasteiger partial charge >= 0.3 is 5.97 Å². The standard InChI is InChI=1S/C21H27NO5.4C2H6/c1-5-16-12-17(6-7-19(16)23)26-20-9-13(2)8-15(10-14(20)3)11-18(22)21(24)27-25-4;4*1-2/h6-8,10,12,18,23H,5,9,11,22H2,1-4H3;4*1-2H3/t18-;;;;/m0..../s1. The zero-order valence-corrected chi connectivity index (χ0v) is 24.2. The minimum Gasteiger partial charge on any atom is -0.508 e. The lowest BCUT2D eigenvalue weighted by Crippen LogP contribution is -2.32. The van der Waals surface area contributed by atoms with Gasteiger partial charge in [-0.15, -0.1) is 0 Å². The number of aryl methyl sites for hydroxylation is 1. The number of ether oxygens (including phenoxy) is 1. The van der Waals surface area contributed by atoms with Crippen molar-refractivity contribution in [3.05, 3.63) is 58.4 Å². The average molecular weight is 494 g/mol. The highest BCUT2D eigenvalue weighted by molar-refractivity contribution is 5.75. The van der Waals surface area contributed by atoms with Crippen molar-refractivity contribution in [1.29, 1.82) is 0 Å². The SMILES string of the molecule is CC.CC.CC.CC.CCc1cc(OC2=C(C)C=C(C[C@H](N)C(=O)OOC)C=C(C)C2)ccc1O. The van der Waals surface area contributed by atoms with E-state index >= 15 is 0 Å². The Morgan fingerprint density at radius 2 is 1.60 bits per heavy atom. The molecule has 0 heterocycles. The van der Waals surface area contributed by atoms with Crippen LogP contribution < -0.4 is 10.5 Å². The molecule has 0 bridgehead atoms. The Morgan fingerprint density at radius 1 is 1.03 bits per heavy atom. The van der Waals surface area contributed by atoms with Gasteiger partial charge in [-0.2, -0.15) is 4.89 Å². The van der Waals surface area contributed by atoms with Crippen LogP contribution in [0.5, 0.6) is 11.5 Å². The summed E-state index contributed by atoms with van der Waals surface area (Å²) in [7, 11) is 1.27. The van der Waals surface area contributed by atoms with Crippen LogP contribution in [-0.4, -0.2) is 24.2 Å². The van der Waals surface area contributed by atoms with Crippen molar-refractivity contribution in [2.75, 3.05) is 7.11 Å². The van der Waals surface area contributed by atoms with E-state index in [9.17, 15) is 9.90 Å². The third kappa shape index (κ3) is 14.4. The number of hydrogen-bond donors (Lipinski definition) is 2. The third-order valence-corrected chi connectivity index (χ3v) is 4.31. The molecule has 3 N–H and O–H groups in total. The van der Waals surface area contributed by atoms with E-state index in [-0.39, 0.29) is 5.75 Å². The molecule has 0 amide bonds. The fourth-order valence-corrected chi connectivity index (χ4v) is 2.93. The molecule has 1 aromatic rings. The van der Waals surface area contributed by atoms with Gasteiger partial charge < -0.3 is 15.6 Å². The number of phenolic OH excluding ortho intramolecular Hbond substituents is 1. The molecule has 1 atom stereocenters. The molecule has 0 saturated heterocycles. The van der Waals surface area contributed by atoms with E-state index < -0.39 is 12.0 Å². The van der Waals surface area contributed by atoms with Crippen LogP contribution in [0.25, 0.3) is 0 Å². The molecule has 0 saturated carbocycles. The van der Waals surface area contributed by atoms with Crippen molar-refractivity contribution in [1.82, 2.24) is 0 Å². The predicted molar refractivity (Wildman–Crippen MR) is 148 cm³/mol. The van der Waals surface area contributed by atoms with Gasteiger partial charge in [-0.05, 0) is 61.6 Å². The first kappa shape index (κ1) is 37.0. The van der Waals surface area contributed by atoms with Crippen LogP contribution in [0.4, 0.5) is 0 Å². The van der Waals surface area contributed by atoms with Crippen molar-refractivity contribution in [2.24, 2.45) is 5.73 Å². The van der Waals surface area contributed by atoms with Gasteiger partial charge in [-0.1, -0.05) is 80.0 Å². The molecule has 202 valence electrons. The lowest BCUT2D eigenvalue weighted by atomic mass is 10.0. The average Bonchev–Trinajstić information content (AvgIpc) is 3.02. The number of carbonyl (C=O) groups excluding carboxylic acids is 1. The Hall–Kier alpha value is -2.57. The maximum Gasteiger partial charge on any atom is 0.359 e. The molecule has 0 unspecified atom stereocenters. The number of hydrogen-bond acceptors (Lipinski definition) is 6. The van der Waals surface area contributed by atoms with Crippen LogP contribution in [0.1, 0.15) is 94.6 Å². The van der Waals surface area contributed by atoms with Gasteiger partial charge in [0.2, 0.25) is 0 Å². The summed E-state index contributed by atoms with van der Waals surface area (Å²) in [6, 6.07) is 4.44. The van der Waals surface area contributed by atoms with Gasteiger partial charge in [0.25, 0.3) is 0 Å². The zero-order chi connectivity index (χ0) is 28.0. The highest BCUT2D eigenvalue weighted by Gasteiger charge is 2.19. The summed E-state index contributed by atoms with van der Waals surface area (Å²) in [6.07, 6.45) is 5.68. The fourth-order valence-electron chi connectivity index (χ4n) is 2.93. The summed E-state index contributed by atoms with van der Waals surface area (Å²) >= 11 is 0. The molecule has 1 aliphatic rings. The first-order valence-electron chi connectivity index (χ1n) is 12.9. The molecule has 6 nitrogen and oxygen atoms in total. The number of benzene rings is 1. The molecule has 2 rings (SSSR count). The molecule has 35 heavy (non-hydrogen) atoms. The summed E-state index contributed by atoms with van der Waals surface area (Å²) < 4.78 is 6.10. The molecular formula is C29H51NO5. The van der Waals surface area contributed by atoms with Crippen molar-refractivity contribution in [3.8, 4) is 11.5 Å². The molecule has 1 aliphatic carbocycles. The van der Waals surface area contributed by atoms with Crippen LogP contribution in [0.2, 0.25) is 0 Å². The summed E-state index contributed by atoms with van der Waals surface area (Å²) in [5.41, 5.74) is 9.69. The number of rotatable bonds is 7. The molecular weight excluding hydrogens is 442 g/mol. The summed E-state index contributed by atoms with van der Waals surface area (Å²) in [5, 5.41) is 9.84. The van der Waals surface area contributed by atoms with Crippen molar-refractivity contribution in [3.63, 3.8) is 0 Å². The quantitative estimate of drug-likeness (QED) is 0.297. The Labute approximate surface area is 214 Å². The van der Waals surface area contributed by atoms with Crippen LogP contribution in [0.3, 0.4) is 0 Å². The van der Waals surface area contributed by atoms with E-state index in [1.807, 2.05) is 94.4 Å².